The topological polar surface area (TPSA) is 88.7 Å². The number of methoxy groups -OCH3 is 1. The van der Waals surface area contributed by atoms with Crippen molar-refractivity contribution in [2.45, 2.75) is 25.0 Å². The second-order valence-corrected chi connectivity index (χ2v) is 4.60. The summed E-state index contributed by atoms with van der Waals surface area (Å²) in [5, 5.41) is 10.2. The zero-order chi connectivity index (χ0) is 13.8. The molecule has 0 aromatic carbocycles. The van der Waals surface area contributed by atoms with Crippen molar-refractivity contribution in [2.24, 2.45) is 5.73 Å². The third-order valence-corrected chi connectivity index (χ3v) is 3.36. The van der Waals surface area contributed by atoms with E-state index in [0.717, 1.165) is 12.8 Å². The number of rotatable bonds is 4. The Morgan fingerprint density at radius 1 is 1.53 bits per heavy atom. The smallest absolute Gasteiger partial charge is 0.242 e. The van der Waals surface area contributed by atoms with Crippen molar-refractivity contribution in [3.8, 4) is 5.88 Å². The van der Waals surface area contributed by atoms with E-state index in [9.17, 15) is 9.90 Å². The van der Waals surface area contributed by atoms with E-state index >= 15 is 0 Å². The number of aliphatic hydroxyl groups is 1. The van der Waals surface area contributed by atoms with Gasteiger partial charge in [-0.3, -0.25) is 4.79 Å². The van der Waals surface area contributed by atoms with Crippen LogP contribution >= 0.6 is 0 Å². The minimum absolute atomic E-state index is 0.226. The van der Waals surface area contributed by atoms with Crippen LogP contribution in [0.1, 0.15) is 24.5 Å². The highest BCUT2D eigenvalue weighted by molar-refractivity contribution is 5.82. The van der Waals surface area contributed by atoms with Gasteiger partial charge in [0.25, 0.3) is 0 Å². The molecule has 1 fully saturated rings. The van der Waals surface area contributed by atoms with Gasteiger partial charge in [0.1, 0.15) is 12.1 Å². The van der Waals surface area contributed by atoms with Crippen LogP contribution in [-0.2, 0) is 4.79 Å². The molecular formula is C13H19N3O3. The number of nitrogens with two attached hydrogens (primary N) is 1. The maximum atomic E-state index is 12.1. The van der Waals surface area contributed by atoms with Crippen LogP contribution in [0.15, 0.2) is 18.3 Å². The first-order chi connectivity index (χ1) is 9.15. The van der Waals surface area contributed by atoms with Crippen molar-refractivity contribution in [3.05, 3.63) is 23.9 Å². The summed E-state index contributed by atoms with van der Waals surface area (Å²) in [6.07, 6.45) is 2.43. The molecular weight excluding hydrogens is 246 g/mol. The lowest BCUT2D eigenvalue weighted by atomic mass is 10.0. The zero-order valence-electron chi connectivity index (χ0n) is 11.0. The number of aromatic nitrogens is 1. The number of hydrogen-bond donors (Lipinski definition) is 2. The van der Waals surface area contributed by atoms with Crippen LogP contribution in [0.3, 0.4) is 0 Å². The van der Waals surface area contributed by atoms with Crippen molar-refractivity contribution in [3.63, 3.8) is 0 Å². The average molecular weight is 265 g/mol. The number of nitrogens with zero attached hydrogens (tertiary/aromatic N) is 2. The Hall–Kier alpha value is -1.66. The Balaban J connectivity index is 2.13. The second-order valence-electron chi connectivity index (χ2n) is 4.60. The van der Waals surface area contributed by atoms with Gasteiger partial charge in [0.2, 0.25) is 11.8 Å². The van der Waals surface area contributed by atoms with Crippen LogP contribution in [0, 0.1) is 0 Å². The van der Waals surface area contributed by atoms with Crippen LogP contribution in [0.2, 0.25) is 0 Å². The fraction of sp³-hybridized carbons (Fsp3) is 0.538. The molecule has 2 unspecified atom stereocenters. The summed E-state index contributed by atoms with van der Waals surface area (Å²) >= 11 is 0. The quantitative estimate of drug-likeness (QED) is 0.804. The molecule has 1 aromatic rings. The minimum Gasteiger partial charge on any atom is -0.481 e. The van der Waals surface area contributed by atoms with Crippen molar-refractivity contribution in [1.29, 1.82) is 0 Å². The standard InChI is InChI=1S/C13H19N3O3/c1-19-12-9(5-4-6-15-12)11(17)10(14)13(18)16-7-2-3-8-16/h4-6,10-11,17H,2-3,7-8,14H2,1H3. The van der Waals surface area contributed by atoms with E-state index in [-0.39, 0.29) is 5.91 Å². The van der Waals surface area contributed by atoms with E-state index in [1.165, 1.54) is 7.11 Å². The molecule has 19 heavy (non-hydrogen) atoms. The van der Waals surface area contributed by atoms with E-state index in [0.29, 0.717) is 24.5 Å². The lowest BCUT2D eigenvalue weighted by molar-refractivity contribution is -0.134. The molecule has 1 saturated heterocycles. The molecule has 2 heterocycles. The van der Waals surface area contributed by atoms with E-state index in [1.54, 1.807) is 23.2 Å². The number of ether oxygens (including phenoxy) is 1. The summed E-state index contributed by atoms with van der Waals surface area (Å²) in [7, 11) is 1.46. The molecule has 1 aliphatic rings. The van der Waals surface area contributed by atoms with Gasteiger partial charge < -0.3 is 20.5 Å². The van der Waals surface area contributed by atoms with Gasteiger partial charge >= 0.3 is 0 Å². The number of amides is 1. The molecule has 104 valence electrons. The predicted molar refractivity (Wildman–Crippen MR) is 69.5 cm³/mol. The van der Waals surface area contributed by atoms with Gasteiger partial charge in [0.15, 0.2) is 0 Å². The summed E-state index contributed by atoms with van der Waals surface area (Å²) in [5.74, 6) is 0.0654. The van der Waals surface area contributed by atoms with Gasteiger partial charge in [-0.2, -0.15) is 0 Å². The number of hydrogen-bond acceptors (Lipinski definition) is 5. The molecule has 0 saturated carbocycles. The molecule has 3 N–H and O–H groups in total. The SMILES string of the molecule is COc1ncccc1C(O)C(N)C(=O)N1CCCC1. The second kappa shape index (κ2) is 5.99. The van der Waals surface area contributed by atoms with E-state index in [4.69, 9.17) is 10.5 Å². The summed E-state index contributed by atoms with van der Waals surface area (Å²) in [5.41, 5.74) is 6.31. The zero-order valence-corrected chi connectivity index (χ0v) is 11.0. The number of carbonyl (C=O) groups excluding carboxylic acids is 1. The molecule has 1 amide bonds. The largest absolute Gasteiger partial charge is 0.481 e. The highest BCUT2D eigenvalue weighted by Crippen LogP contribution is 2.25. The number of likely N-dealkylation sites (tertiary alicyclic amines) is 1. The van der Waals surface area contributed by atoms with Crippen LogP contribution in [0.25, 0.3) is 0 Å². The molecule has 6 heteroatoms. The molecule has 0 radical (unpaired) electrons. The summed E-state index contributed by atoms with van der Waals surface area (Å²) in [6.45, 7) is 1.42. The van der Waals surface area contributed by atoms with E-state index < -0.39 is 12.1 Å². The number of carbonyl (C=O) groups is 1. The Morgan fingerprint density at radius 2 is 2.21 bits per heavy atom. The highest BCUT2D eigenvalue weighted by Gasteiger charge is 2.31. The molecule has 2 rings (SSSR count). The Bertz CT molecular complexity index is 447. The van der Waals surface area contributed by atoms with Crippen molar-refractivity contribution >= 4 is 5.91 Å². The molecule has 1 aliphatic heterocycles. The normalized spacial score (nSPS) is 18.2. The summed E-state index contributed by atoms with van der Waals surface area (Å²) < 4.78 is 5.07. The van der Waals surface area contributed by atoms with Gasteiger partial charge in [-0.25, -0.2) is 4.98 Å². The molecule has 2 atom stereocenters. The van der Waals surface area contributed by atoms with E-state index in [2.05, 4.69) is 4.98 Å². The third kappa shape index (κ3) is 2.85. The van der Waals surface area contributed by atoms with Crippen LogP contribution < -0.4 is 10.5 Å². The van der Waals surface area contributed by atoms with Crippen molar-refractivity contribution < 1.29 is 14.6 Å². The van der Waals surface area contributed by atoms with Crippen LogP contribution in [0.5, 0.6) is 5.88 Å². The van der Waals surface area contributed by atoms with Crippen LogP contribution in [0.4, 0.5) is 0 Å². The van der Waals surface area contributed by atoms with Crippen LogP contribution in [-0.4, -0.2) is 47.1 Å². The lowest BCUT2D eigenvalue weighted by Gasteiger charge is -2.24. The average Bonchev–Trinajstić information content (AvgIpc) is 2.99. The highest BCUT2D eigenvalue weighted by atomic mass is 16.5. The first kappa shape index (κ1) is 13.8. The third-order valence-electron chi connectivity index (χ3n) is 3.36. The Morgan fingerprint density at radius 3 is 2.84 bits per heavy atom. The molecule has 1 aromatic heterocycles. The van der Waals surface area contributed by atoms with Gasteiger partial charge in [-0.1, -0.05) is 0 Å². The summed E-state index contributed by atoms with van der Waals surface area (Å²) in [6, 6.07) is 2.35. The lowest BCUT2D eigenvalue weighted by Crippen LogP contribution is -2.46. The molecule has 6 nitrogen and oxygen atoms in total. The fourth-order valence-corrected chi connectivity index (χ4v) is 2.28. The van der Waals surface area contributed by atoms with Gasteiger partial charge in [0, 0.05) is 24.8 Å². The minimum atomic E-state index is -1.11. The van der Waals surface area contributed by atoms with Crippen molar-refractivity contribution in [1.82, 2.24) is 9.88 Å². The summed E-state index contributed by atoms with van der Waals surface area (Å²) in [4.78, 5) is 17.8. The molecule has 0 aliphatic carbocycles. The molecule has 0 spiro atoms. The van der Waals surface area contributed by atoms with Crippen molar-refractivity contribution in [2.75, 3.05) is 20.2 Å². The first-order valence-electron chi connectivity index (χ1n) is 6.36. The number of pyridine rings is 1. The Labute approximate surface area is 112 Å². The fourth-order valence-electron chi connectivity index (χ4n) is 2.28. The number of aliphatic hydroxyl groups excluding tert-OH is 1. The maximum Gasteiger partial charge on any atom is 0.242 e. The predicted octanol–water partition coefficient (Wildman–Crippen LogP) is 0.0733. The van der Waals surface area contributed by atoms with Gasteiger partial charge in [0.05, 0.1) is 7.11 Å². The Kier molecular flexibility index (Phi) is 4.34. The maximum absolute atomic E-state index is 12.1. The van der Waals surface area contributed by atoms with Gasteiger partial charge in [-0.05, 0) is 25.0 Å². The monoisotopic (exact) mass is 265 g/mol. The first-order valence-corrected chi connectivity index (χ1v) is 6.36. The van der Waals surface area contributed by atoms with Gasteiger partial charge in [-0.15, -0.1) is 0 Å². The van der Waals surface area contributed by atoms with E-state index in [1.807, 2.05) is 0 Å². The molecule has 0 bridgehead atoms.